The summed E-state index contributed by atoms with van der Waals surface area (Å²) in [7, 11) is 0. The molecule has 0 radical (unpaired) electrons. The van der Waals surface area contributed by atoms with Gasteiger partial charge in [0.2, 0.25) is 0 Å². The van der Waals surface area contributed by atoms with Crippen LogP contribution in [0, 0.1) is 11.8 Å². The van der Waals surface area contributed by atoms with Gasteiger partial charge in [-0.2, -0.15) is 0 Å². The molecule has 0 aliphatic heterocycles. The topological polar surface area (TPSA) is 9.86 Å². The SMILES string of the molecule is CC1C=CC(n2c3ccccc3c3cc4c(cc32)c2ccccc2n4-c2cccc3ccccc23)=C2C=CC=CC21. The Bertz CT molecular complexity index is 2330. The summed E-state index contributed by atoms with van der Waals surface area (Å²) in [4.78, 5) is 0. The lowest BCUT2D eigenvalue weighted by Gasteiger charge is -2.29. The van der Waals surface area contributed by atoms with Crippen molar-refractivity contribution in [1.82, 2.24) is 9.13 Å². The summed E-state index contributed by atoms with van der Waals surface area (Å²) >= 11 is 0. The van der Waals surface area contributed by atoms with Crippen molar-refractivity contribution in [2.24, 2.45) is 11.8 Å². The van der Waals surface area contributed by atoms with Crippen LogP contribution in [0.4, 0.5) is 0 Å². The Morgan fingerprint density at radius 2 is 1.15 bits per heavy atom. The summed E-state index contributed by atoms with van der Waals surface area (Å²) in [5.74, 6) is 0.877. The molecule has 0 saturated heterocycles. The molecular weight excluding hydrogens is 496 g/mol. The van der Waals surface area contributed by atoms with Gasteiger partial charge in [0.1, 0.15) is 0 Å². The fourth-order valence-corrected chi connectivity index (χ4v) is 7.29. The number of hydrogen-bond acceptors (Lipinski definition) is 0. The average molecular weight is 525 g/mol. The summed E-state index contributed by atoms with van der Waals surface area (Å²) in [5.41, 5.74) is 8.86. The minimum absolute atomic E-state index is 0.396. The quantitative estimate of drug-likeness (QED) is 0.213. The molecule has 2 heterocycles. The normalized spacial score (nSPS) is 18.5. The average Bonchev–Trinajstić information content (AvgIpc) is 3.52. The number of allylic oxidation sites excluding steroid dienone is 8. The molecule has 0 fully saturated rings. The van der Waals surface area contributed by atoms with Crippen LogP contribution in [-0.4, -0.2) is 9.13 Å². The van der Waals surface area contributed by atoms with E-state index in [2.05, 4.69) is 156 Å². The van der Waals surface area contributed by atoms with E-state index in [0.717, 1.165) is 0 Å². The number of fused-ring (bicyclic) bond motifs is 8. The molecule has 7 aromatic rings. The Labute approximate surface area is 238 Å². The largest absolute Gasteiger partial charge is 0.309 e. The van der Waals surface area contributed by atoms with Gasteiger partial charge in [0, 0.05) is 38.5 Å². The molecule has 2 unspecified atom stereocenters. The van der Waals surface area contributed by atoms with Gasteiger partial charge >= 0.3 is 0 Å². The molecule has 2 aliphatic rings. The first-order valence-corrected chi connectivity index (χ1v) is 14.5. The van der Waals surface area contributed by atoms with Gasteiger partial charge in [-0.1, -0.05) is 110 Å². The molecule has 0 N–H and O–H groups in total. The molecule has 2 atom stereocenters. The zero-order valence-electron chi connectivity index (χ0n) is 22.8. The lowest BCUT2D eigenvalue weighted by molar-refractivity contribution is 0.582. The van der Waals surface area contributed by atoms with E-state index in [1.165, 1.54) is 71.3 Å². The van der Waals surface area contributed by atoms with E-state index >= 15 is 0 Å². The van der Waals surface area contributed by atoms with Crippen molar-refractivity contribution in [3.8, 4) is 5.69 Å². The maximum atomic E-state index is 2.50. The van der Waals surface area contributed by atoms with Crippen LogP contribution in [0.2, 0.25) is 0 Å². The van der Waals surface area contributed by atoms with Gasteiger partial charge in [0.05, 0.1) is 27.8 Å². The maximum Gasteiger partial charge on any atom is 0.0549 e. The standard InChI is InChI=1S/C39H28N2/c1-25-21-22-37(29-15-5-4-13-27(25)29)41-36-19-9-7-17-31(36)33-23-38-32(24-39(33)41)30-16-6-8-18-35(30)40(38)34-20-10-12-26-11-2-3-14-28(26)34/h2-25,27H,1H3. The van der Waals surface area contributed by atoms with E-state index in [-0.39, 0.29) is 0 Å². The van der Waals surface area contributed by atoms with E-state index in [4.69, 9.17) is 0 Å². The van der Waals surface area contributed by atoms with Crippen LogP contribution in [0.5, 0.6) is 0 Å². The summed E-state index contributed by atoms with van der Waals surface area (Å²) < 4.78 is 4.97. The van der Waals surface area contributed by atoms with Gasteiger partial charge < -0.3 is 9.13 Å². The lowest BCUT2D eigenvalue weighted by Crippen LogP contribution is -2.17. The highest BCUT2D eigenvalue weighted by atomic mass is 15.0. The van der Waals surface area contributed by atoms with Crippen molar-refractivity contribution in [3.05, 3.63) is 145 Å². The van der Waals surface area contributed by atoms with Crippen LogP contribution in [0.25, 0.3) is 65.8 Å². The van der Waals surface area contributed by atoms with Crippen LogP contribution in [-0.2, 0) is 0 Å². The molecule has 2 aliphatic carbocycles. The number of para-hydroxylation sites is 2. The Kier molecular flexibility index (Phi) is 4.68. The first-order chi connectivity index (χ1) is 20.3. The molecule has 2 nitrogen and oxygen atoms in total. The van der Waals surface area contributed by atoms with Crippen molar-refractivity contribution in [3.63, 3.8) is 0 Å². The van der Waals surface area contributed by atoms with E-state index < -0.39 is 0 Å². The van der Waals surface area contributed by atoms with Crippen LogP contribution in [0.15, 0.2) is 145 Å². The molecule has 0 spiro atoms. The molecule has 194 valence electrons. The van der Waals surface area contributed by atoms with Gasteiger partial charge in [-0.3, -0.25) is 0 Å². The highest BCUT2D eigenvalue weighted by molar-refractivity contribution is 6.20. The smallest absolute Gasteiger partial charge is 0.0549 e. The second-order valence-electron chi connectivity index (χ2n) is 11.4. The third kappa shape index (κ3) is 3.13. The monoisotopic (exact) mass is 524 g/mol. The summed E-state index contributed by atoms with van der Waals surface area (Å²) in [5, 5.41) is 7.63. The second-order valence-corrected chi connectivity index (χ2v) is 11.4. The van der Waals surface area contributed by atoms with Crippen molar-refractivity contribution in [2.75, 3.05) is 0 Å². The predicted molar refractivity (Wildman–Crippen MR) is 175 cm³/mol. The first-order valence-electron chi connectivity index (χ1n) is 14.5. The molecule has 0 saturated carbocycles. The Morgan fingerprint density at radius 3 is 1.93 bits per heavy atom. The Morgan fingerprint density at radius 1 is 0.512 bits per heavy atom. The van der Waals surface area contributed by atoms with Gasteiger partial charge in [0.15, 0.2) is 0 Å². The van der Waals surface area contributed by atoms with Crippen LogP contribution in [0.3, 0.4) is 0 Å². The van der Waals surface area contributed by atoms with E-state index in [1.807, 2.05) is 0 Å². The Balaban J connectivity index is 1.44. The van der Waals surface area contributed by atoms with Crippen LogP contribution < -0.4 is 0 Å². The number of hydrogen-bond donors (Lipinski definition) is 0. The lowest BCUT2D eigenvalue weighted by atomic mass is 9.79. The third-order valence-corrected chi connectivity index (χ3v) is 9.20. The van der Waals surface area contributed by atoms with Gasteiger partial charge in [-0.05, 0) is 53.3 Å². The first kappa shape index (κ1) is 22.7. The van der Waals surface area contributed by atoms with Crippen molar-refractivity contribution in [2.45, 2.75) is 6.92 Å². The van der Waals surface area contributed by atoms with Gasteiger partial charge in [-0.15, -0.1) is 0 Å². The summed E-state index contributed by atoms with van der Waals surface area (Å²) in [6, 6.07) is 37.9. The molecular formula is C39H28N2. The molecule has 2 heteroatoms. The minimum atomic E-state index is 0.396. The maximum absolute atomic E-state index is 2.50. The molecule has 5 aromatic carbocycles. The number of nitrogens with zero attached hydrogens (tertiary/aromatic N) is 2. The summed E-state index contributed by atoms with van der Waals surface area (Å²) in [6.45, 7) is 2.32. The van der Waals surface area contributed by atoms with Crippen molar-refractivity contribution in [1.29, 1.82) is 0 Å². The summed E-state index contributed by atoms with van der Waals surface area (Å²) in [6.07, 6.45) is 13.8. The zero-order valence-corrected chi connectivity index (χ0v) is 22.8. The molecule has 0 amide bonds. The van der Waals surface area contributed by atoms with Gasteiger partial charge in [0.25, 0.3) is 0 Å². The van der Waals surface area contributed by atoms with Crippen LogP contribution in [0.1, 0.15) is 6.92 Å². The molecule has 2 aromatic heterocycles. The molecule has 9 rings (SSSR count). The third-order valence-electron chi connectivity index (χ3n) is 9.20. The number of benzene rings is 5. The number of rotatable bonds is 2. The highest BCUT2D eigenvalue weighted by Crippen LogP contribution is 2.43. The van der Waals surface area contributed by atoms with E-state index in [0.29, 0.717) is 11.8 Å². The Hall–Kier alpha value is -5.08. The van der Waals surface area contributed by atoms with Crippen molar-refractivity contribution < 1.29 is 0 Å². The second kappa shape index (κ2) is 8.46. The molecule has 41 heavy (non-hydrogen) atoms. The predicted octanol–water partition coefficient (Wildman–Crippen LogP) is 10.2. The molecule has 0 bridgehead atoms. The minimum Gasteiger partial charge on any atom is -0.309 e. The number of aromatic nitrogens is 2. The zero-order chi connectivity index (χ0) is 27.1. The fraction of sp³-hybridized carbons (Fsp3) is 0.0769. The van der Waals surface area contributed by atoms with Crippen molar-refractivity contribution >= 4 is 60.1 Å². The van der Waals surface area contributed by atoms with Crippen LogP contribution >= 0.6 is 0 Å². The fourth-order valence-electron chi connectivity index (χ4n) is 7.29. The highest BCUT2D eigenvalue weighted by Gasteiger charge is 2.26. The van der Waals surface area contributed by atoms with E-state index in [9.17, 15) is 0 Å². The van der Waals surface area contributed by atoms with E-state index in [1.54, 1.807) is 0 Å². The van der Waals surface area contributed by atoms with Gasteiger partial charge in [-0.25, -0.2) is 0 Å².